The summed E-state index contributed by atoms with van der Waals surface area (Å²) in [6.45, 7) is 2.88. The van der Waals surface area contributed by atoms with E-state index in [4.69, 9.17) is 21.4 Å². The summed E-state index contributed by atoms with van der Waals surface area (Å²) in [5.41, 5.74) is 1.98. The fourth-order valence-corrected chi connectivity index (χ4v) is 3.22. The fraction of sp³-hybridized carbons (Fsp3) is 0.421. The van der Waals surface area contributed by atoms with Gasteiger partial charge in [-0.15, -0.1) is 0 Å². The Bertz CT molecular complexity index is 613. The molecule has 1 fully saturated rings. The van der Waals surface area contributed by atoms with Gasteiger partial charge in [0.25, 0.3) is 0 Å². The lowest BCUT2D eigenvalue weighted by Gasteiger charge is -2.33. The number of piperidine rings is 1. The Morgan fingerprint density at radius 3 is 2.54 bits per heavy atom. The van der Waals surface area contributed by atoms with Gasteiger partial charge in [-0.05, 0) is 42.7 Å². The molecule has 2 heterocycles. The van der Waals surface area contributed by atoms with Crippen molar-refractivity contribution in [1.82, 2.24) is 9.88 Å². The van der Waals surface area contributed by atoms with Crippen molar-refractivity contribution in [1.29, 1.82) is 0 Å². The van der Waals surface area contributed by atoms with Gasteiger partial charge in [0.05, 0.1) is 18.4 Å². The molecule has 24 heavy (non-hydrogen) atoms. The summed E-state index contributed by atoms with van der Waals surface area (Å²) in [7, 11) is 0. The summed E-state index contributed by atoms with van der Waals surface area (Å²) in [5, 5.41) is 9.78. The van der Waals surface area contributed by atoms with Crippen LogP contribution in [0.3, 0.4) is 0 Å². The highest BCUT2D eigenvalue weighted by Crippen LogP contribution is 2.29. The number of aliphatic hydroxyl groups is 1. The first-order valence-electron chi connectivity index (χ1n) is 8.41. The van der Waals surface area contributed by atoms with E-state index in [0.717, 1.165) is 48.8 Å². The number of pyridine rings is 1. The molecular weight excluding hydrogens is 324 g/mol. The summed E-state index contributed by atoms with van der Waals surface area (Å²) < 4.78 is 6.44. The molecule has 1 aliphatic rings. The van der Waals surface area contributed by atoms with Crippen LogP contribution in [0.5, 0.6) is 0 Å². The maximum Gasteiger partial charge on any atom is 0.125 e. The largest absolute Gasteiger partial charge is 0.395 e. The molecule has 1 saturated heterocycles. The average molecular weight is 347 g/mol. The standard InChI is InChI=1S/C19H23ClN2O2/c20-16-6-4-15(5-7-16)19(18-3-1-2-10-21-18)24-17-8-11-22(12-9-17)13-14-23/h1-7,10,17,19,23H,8-9,11-14H2. The second kappa shape index (κ2) is 8.58. The first-order valence-corrected chi connectivity index (χ1v) is 8.79. The van der Waals surface area contributed by atoms with Crippen LogP contribution >= 0.6 is 11.6 Å². The molecule has 128 valence electrons. The molecule has 0 radical (unpaired) electrons. The number of likely N-dealkylation sites (tertiary alicyclic amines) is 1. The summed E-state index contributed by atoms with van der Waals surface area (Å²) in [4.78, 5) is 6.76. The molecule has 2 aromatic rings. The van der Waals surface area contributed by atoms with Crippen LogP contribution in [0.4, 0.5) is 0 Å². The molecule has 1 N–H and O–H groups in total. The second-order valence-electron chi connectivity index (χ2n) is 6.09. The van der Waals surface area contributed by atoms with Crippen molar-refractivity contribution in [3.63, 3.8) is 0 Å². The van der Waals surface area contributed by atoms with Gasteiger partial charge in [-0.3, -0.25) is 4.98 Å². The van der Waals surface area contributed by atoms with E-state index < -0.39 is 0 Å². The Kier molecular flexibility index (Phi) is 6.21. The highest BCUT2D eigenvalue weighted by molar-refractivity contribution is 6.30. The lowest BCUT2D eigenvalue weighted by molar-refractivity contribution is -0.0300. The molecule has 0 saturated carbocycles. The van der Waals surface area contributed by atoms with Gasteiger partial charge in [0.1, 0.15) is 6.10 Å². The SMILES string of the molecule is OCCN1CCC(OC(c2ccc(Cl)cc2)c2ccccn2)CC1. The number of hydrogen-bond donors (Lipinski definition) is 1. The zero-order valence-electron chi connectivity index (χ0n) is 13.6. The van der Waals surface area contributed by atoms with Crippen LogP contribution < -0.4 is 0 Å². The van der Waals surface area contributed by atoms with Crippen molar-refractivity contribution in [2.75, 3.05) is 26.2 Å². The minimum Gasteiger partial charge on any atom is -0.395 e. The van der Waals surface area contributed by atoms with Gasteiger partial charge in [0.2, 0.25) is 0 Å². The van der Waals surface area contributed by atoms with Gasteiger partial charge in [-0.25, -0.2) is 0 Å². The first kappa shape index (κ1) is 17.4. The summed E-state index contributed by atoms with van der Waals surface area (Å²) in [6.07, 6.45) is 3.75. The van der Waals surface area contributed by atoms with Crippen LogP contribution in [0.2, 0.25) is 5.02 Å². The lowest BCUT2D eigenvalue weighted by Crippen LogP contribution is -2.39. The maximum atomic E-state index is 9.06. The number of aliphatic hydroxyl groups excluding tert-OH is 1. The Balaban J connectivity index is 1.73. The predicted octanol–water partition coefficient (Wildman–Crippen LogP) is 3.30. The summed E-state index contributed by atoms with van der Waals surface area (Å²) in [6, 6.07) is 13.7. The Morgan fingerprint density at radius 2 is 1.92 bits per heavy atom. The van der Waals surface area contributed by atoms with Crippen LogP contribution in [0, 0.1) is 0 Å². The van der Waals surface area contributed by atoms with E-state index in [0.29, 0.717) is 0 Å². The van der Waals surface area contributed by atoms with Crippen molar-refractivity contribution >= 4 is 11.6 Å². The third-order valence-electron chi connectivity index (χ3n) is 4.41. The van der Waals surface area contributed by atoms with E-state index >= 15 is 0 Å². The summed E-state index contributed by atoms with van der Waals surface area (Å²) >= 11 is 6.02. The zero-order valence-corrected chi connectivity index (χ0v) is 14.4. The van der Waals surface area contributed by atoms with Crippen molar-refractivity contribution in [3.05, 3.63) is 64.9 Å². The Morgan fingerprint density at radius 1 is 1.17 bits per heavy atom. The molecule has 1 aromatic carbocycles. The minimum absolute atomic E-state index is 0.183. The number of β-amino-alcohol motifs (C(OH)–C–C–N with tert-alkyl or cyclic N) is 1. The molecule has 1 atom stereocenters. The van der Waals surface area contributed by atoms with E-state index in [1.54, 1.807) is 6.20 Å². The molecule has 1 aliphatic heterocycles. The highest BCUT2D eigenvalue weighted by atomic mass is 35.5. The smallest absolute Gasteiger partial charge is 0.125 e. The fourth-order valence-electron chi connectivity index (χ4n) is 3.09. The van der Waals surface area contributed by atoms with Crippen LogP contribution in [-0.2, 0) is 4.74 Å². The number of halogens is 1. The van der Waals surface area contributed by atoms with Crippen molar-refractivity contribution < 1.29 is 9.84 Å². The number of benzene rings is 1. The topological polar surface area (TPSA) is 45.6 Å². The highest BCUT2D eigenvalue weighted by Gasteiger charge is 2.25. The van der Waals surface area contributed by atoms with Gasteiger partial charge in [0, 0.05) is 30.9 Å². The quantitative estimate of drug-likeness (QED) is 0.871. The van der Waals surface area contributed by atoms with Crippen molar-refractivity contribution in [3.8, 4) is 0 Å². The first-order chi connectivity index (χ1) is 11.8. The number of aromatic nitrogens is 1. The predicted molar refractivity (Wildman–Crippen MR) is 95.2 cm³/mol. The lowest BCUT2D eigenvalue weighted by atomic mass is 10.0. The Labute approximate surface area is 148 Å². The van der Waals surface area contributed by atoms with Crippen LogP contribution in [0.15, 0.2) is 48.7 Å². The number of nitrogens with zero attached hydrogens (tertiary/aromatic N) is 2. The molecule has 0 spiro atoms. The van der Waals surface area contributed by atoms with Crippen LogP contribution in [-0.4, -0.2) is 47.3 Å². The molecule has 1 aromatic heterocycles. The van der Waals surface area contributed by atoms with Gasteiger partial charge < -0.3 is 14.7 Å². The molecule has 3 rings (SSSR count). The van der Waals surface area contributed by atoms with Crippen LogP contribution in [0.25, 0.3) is 0 Å². The van der Waals surface area contributed by atoms with E-state index in [2.05, 4.69) is 9.88 Å². The van der Waals surface area contributed by atoms with Gasteiger partial charge >= 0.3 is 0 Å². The van der Waals surface area contributed by atoms with Crippen molar-refractivity contribution in [2.45, 2.75) is 25.0 Å². The Hall–Kier alpha value is -1.46. The third kappa shape index (κ3) is 4.54. The number of ether oxygens (including phenoxy) is 1. The minimum atomic E-state index is -0.183. The van der Waals surface area contributed by atoms with E-state index in [1.807, 2.05) is 42.5 Å². The van der Waals surface area contributed by atoms with Gasteiger partial charge in [0.15, 0.2) is 0 Å². The molecule has 0 aliphatic carbocycles. The molecule has 0 amide bonds. The monoisotopic (exact) mass is 346 g/mol. The number of rotatable bonds is 6. The molecule has 1 unspecified atom stereocenters. The van der Waals surface area contributed by atoms with Gasteiger partial charge in [-0.2, -0.15) is 0 Å². The molecule has 0 bridgehead atoms. The average Bonchev–Trinajstić information content (AvgIpc) is 2.63. The van der Waals surface area contributed by atoms with E-state index in [9.17, 15) is 0 Å². The molecule has 5 heteroatoms. The summed E-state index contributed by atoms with van der Waals surface area (Å²) in [5.74, 6) is 0. The number of hydrogen-bond acceptors (Lipinski definition) is 4. The van der Waals surface area contributed by atoms with Gasteiger partial charge in [-0.1, -0.05) is 29.8 Å². The van der Waals surface area contributed by atoms with E-state index in [-0.39, 0.29) is 18.8 Å². The second-order valence-corrected chi connectivity index (χ2v) is 6.52. The third-order valence-corrected chi connectivity index (χ3v) is 4.66. The normalized spacial score (nSPS) is 17.8. The van der Waals surface area contributed by atoms with Crippen molar-refractivity contribution in [2.24, 2.45) is 0 Å². The maximum absolute atomic E-state index is 9.06. The zero-order chi connectivity index (χ0) is 16.8. The molecule has 4 nitrogen and oxygen atoms in total. The van der Waals surface area contributed by atoms with Crippen LogP contribution in [0.1, 0.15) is 30.2 Å². The molecular formula is C19H23ClN2O2. The van der Waals surface area contributed by atoms with E-state index in [1.165, 1.54) is 0 Å².